The summed E-state index contributed by atoms with van der Waals surface area (Å²) >= 11 is 1.37. The van der Waals surface area contributed by atoms with Crippen LogP contribution in [0.15, 0.2) is 41.8 Å². The zero-order valence-corrected chi connectivity index (χ0v) is 13.5. The van der Waals surface area contributed by atoms with Gasteiger partial charge in [-0.05, 0) is 30.4 Å². The first-order chi connectivity index (χ1) is 11.2. The molecule has 3 rings (SSSR count). The van der Waals surface area contributed by atoms with Crippen molar-refractivity contribution in [3.05, 3.63) is 56.8 Å². The van der Waals surface area contributed by atoms with Crippen LogP contribution >= 0.6 is 11.3 Å². The van der Waals surface area contributed by atoms with Gasteiger partial charge in [0.1, 0.15) is 5.69 Å². The number of thiophene rings is 1. The first-order valence-electron chi connectivity index (χ1n) is 7.79. The van der Waals surface area contributed by atoms with E-state index in [0.29, 0.717) is 10.6 Å². The highest BCUT2D eigenvalue weighted by atomic mass is 32.1. The molecule has 0 bridgehead atoms. The van der Waals surface area contributed by atoms with Gasteiger partial charge in [0.2, 0.25) is 0 Å². The van der Waals surface area contributed by atoms with Crippen molar-refractivity contribution in [1.82, 2.24) is 0 Å². The third-order valence-corrected chi connectivity index (χ3v) is 5.09. The van der Waals surface area contributed by atoms with E-state index in [1.807, 2.05) is 11.4 Å². The second-order valence-corrected chi connectivity index (χ2v) is 6.64. The number of rotatable bonds is 4. The monoisotopic (exact) mass is 330 g/mol. The Balaban J connectivity index is 2.04. The fraction of sp³-hybridized carbons (Fsp3) is 0.353. The molecule has 0 unspecified atom stereocenters. The predicted molar refractivity (Wildman–Crippen MR) is 91.1 cm³/mol. The van der Waals surface area contributed by atoms with Gasteiger partial charge in [-0.25, -0.2) is 0 Å². The molecule has 0 radical (unpaired) electrons. The minimum absolute atomic E-state index is 0.0111. The third kappa shape index (κ3) is 3.27. The molecule has 1 saturated carbocycles. The number of hydrogen-bond donors (Lipinski definition) is 0. The molecule has 120 valence electrons. The lowest BCUT2D eigenvalue weighted by Gasteiger charge is -2.33. The van der Waals surface area contributed by atoms with Crippen LogP contribution in [0, 0.1) is 10.1 Å². The smallest absolute Gasteiger partial charge is 0.292 e. The lowest BCUT2D eigenvalue weighted by atomic mass is 9.93. The summed E-state index contributed by atoms with van der Waals surface area (Å²) < 4.78 is 0. The van der Waals surface area contributed by atoms with Crippen molar-refractivity contribution in [2.24, 2.45) is 0 Å². The Hall–Kier alpha value is -2.21. The zero-order valence-electron chi connectivity index (χ0n) is 12.7. The molecule has 0 atom stereocenters. The number of nitro groups is 1. The fourth-order valence-corrected chi connectivity index (χ4v) is 3.81. The van der Waals surface area contributed by atoms with Crippen molar-refractivity contribution >= 4 is 28.6 Å². The van der Waals surface area contributed by atoms with Crippen molar-refractivity contribution < 1.29 is 9.72 Å². The maximum atomic E-state index is 13.0. The van der Waals surface area contributed by atoms with E-state index in [2.05, 4.69) is 0 Å². The van der Waals surface area contributed by atoms with Crippen LogP contribution in [-0.2, 0) is 0 Å². The average molecular weight is 330 g/mol. The van der Waals surface area contributed by atoms with E-state index in [1.54, 1.807) is 29.2 Å². The summed E-state index contributed by atoms with van der Waals surface area (Å²) in [5, 5.41) is 13.2. The molecule has 1 amide bonds. The first kappa shape index (κ1) is 15.7. The van der Waals surface area contributed by atoms with Crippen molar-refractivity contribution in [3.63, 3.8) is 0 Å². The van der Waals surface area contributed by atoms with Gasteiger partial charge in [0.05, 0.1) is 9.80 Å². The van der Waals surface area contributed by atoms with Crippen molar-refractivity contribution in [2.45, 2.75) is 38.1 Å². The number of nitrogens with zero attached hydrogens (tertiary/aromatic N) is 2. The van der Waals surface area contributed by atoms with Crippen molar-refractivity contribution in [3.8, 4) is 0 Å². The van der Waals surface area contributed by atoms with Crippen LogP contribution in [0.5, 0.6) is 0 Å². The van der Waals surface area contributed by atoms with E-state index in [4.69, 9.17) is 0 Å². The van der Waals surface area contributed by atoms with E-state index >= 15 is 0 Å². The summed E-state index contributed by atoms with van der Waals surface area (Å²) in [6.07, 6.45) is 5.06. The van der Waals surface area contributed by atoms with E-state index in [1.165, 1.54) is 17.4 Å². The molecule has 0 spiro atoms. The molecular weight excluding hydrogens is 312 g/mol. The molecule has 0 saturated heterocycles. The number of carbonyl (C=O) groups excluding carboxylic acids is 1. The Kier molecular flexibility index (Phi) is 4.71. The number of para-hydroxylation sites is 2. The lowest BCUT2D eigenvalue weighted by molar-refractivity contribution is -0.384. The first-order valence-corrected chi connectivity index (χ1v) is 8.67. The van der Waals surface area contributed by atoms with Gasteiger partial charge in [-0.15, -0.1) is 11.3 Å². The van der Waals surface area contributed by atoms with E-state index < -0.39 is 4.92 Å². The molecule has 5 nitrogen and oxygen atoms in total. The van der Waals surface area contributed by atoms with Gasteiger partial charge < -0.3 is 0 Å². The van der Waals surface area contributed by atoms with Gasteiger partial charge in [0.15, 0.2) is 0 Å². The molecule has 6 heteroatoms. The molecule has 23 heavy (non-hydrogen) atoms. The zero-order chi connectivity index (χ0) is 16.2. The minimum atomic E-state index is -0.410. The molecule has 1 fully saturated rings. The molecule has 0 N–H and O–H groups in total. The Morgan fingerprint density at radius 1 is 1.13 bits per heavy atom. The van der Waals surface area contributed by atoms with Gasteiger partial charge in [-0.3, -0.25) is 19.8 Å². The van der Waals surface area contributed by atoms with Gasteiger partial charge in [-0.1, -0.05) is 37.5 Å². The van der Waals surface area contributed by atoms with Crippen LogP contribution in [0.2, 0.25) is 0 Å². The van der Waals surface area contributed by atoms with E-state index in [9.17, 15) is 14.9 Å². The van der Waals surface area contributed by atoms with Crippen LogP contribution in [0.25, 0.3) is 0 Å². The number of amides is 1. The van der Waals surface area contributed by atoms with Crippen molar-refractivity contribution in [1.29, 1.82) is 0 Å². The van der Waals surface area contributed by atoms with Gasteiger partial charge in [0, 0.05) is 12.1 Å². The van der Waals surface area contributed by atoms with E-state index in [0.717, 1.165) is 32.1 Å². The predicted octanol–water partition coefficient (Wildman–Crippen LogP) is 4.64. The second-order valence-electron chi connectivity index (χ2n) is 5.69. The molecule has 1 aromatic carbocycles. The maximum Gasteiger partial charge on any atom is 0.292 e. The van der Waals surface area contributed by atoms with Crippen LogP contribution in [0.3, 0.4) is 0 Å². The van der Waals surface area contributed by atoms with E-state index in [-0.39, 0.29) is 17.6 Å². The summed E-state index contributed by atoms with van der Waals surface area (Å²) in [7, 11) is 0. The minimum Gasteiger partial charge on any atom is -0.299 e. The summed E-state index contributed by atoms with van der Waals surface area (Å²) in [4.78, 5) is 26.2. The molecular formula is C17H18N2O3S. The highest BCUT2D eigenvalue weighted by molar-refractivity contribution is 7.12. The van der Waals surface area contributed by atoms with Crippen molar-refractivity contribution in [2.75, 3.05) is 4.90 Å². The topological polar surface area (TPSA) is 63.5 Å². The Bertz CT molecular complexity index is 694. The average Bonchev–Trinajstić information content (AvgIpc) is 3.11. The standard InChI is InChI=1S/C17H18N2O3S/c20-17(16-11-6-12-23-16)18(13-7-2-1-3-8-13)14-9-4-5-10-15(14)19(21)22/h4-6,9-13H,1-3,7-8H2. The van der Waals surface area contributed by atoms with Gasteiger partial charge >= 0.3 is 0 Å². The molecule has 1 aromatic heterocycles. The Morgan fingerprint density at radius 3 is 2.52 bits per heavy atom. The third-order valence-electron chi connectivity index (χ3n) is 4.23. The number of benzene rings is 1. The SMILES string of the molecule is O=C(c1cccs1)N(c1ccccc1[N+](=O)[O-])C1CCCCC1. The Morgan fingerprint density at radius 2 is 1.87 bits per heavy atom. The summed E-state index contributed by atoms with van der Waals surface area (Å²) in [5.74, 6) is -0.138. The summed E-state index contributed by atoms with van der Waals surface area (Å²) in [6, 6.07) is 10.2. The quantitative estimate of drug-likeness (QED) is 0.606. The summed E-state index contributed by atoms with van der Waals surface area (Å²) in [5.41, 5.74) is 0.394. The number of carbonyl (C=O) groups is 1. The second kappa shape index (κ2) is 6.91. The number of anilines is 1. The fourth-order valence-electron chi connectivity index (χ4n) is 3.15. The Labute approximate surface area is 138 Å². The van der Waals surface area contributed by atoms with Gasteiger partial charge in [-0.2, -0.15) is 0 Å². The van der Waals surface area contributed by atoms with Crippen LogP contribution < -0.4 is 4.90 Å². The molecule has 1 aliphatic carbocycles. The molecule has 1 aliphatic rings. The van der Waals surface area contributed by atoms with Gasteiger partial charge in [0.25, 0.3) is 11.6 Å². The normalized spacial score (nSPS) is 15.3. The van der Waals surface area contributed by atoms with Crippen LogP contribution in [0.1, 0.15) is 41.8 Å². The summed E-state index contributed by atoms with van der Waals surface area (Å²) in [6.45, 7) is 0. The molecule has 0 aliphatic heterocycles. The number of hydrogen-bond acceptors (Lipinski definition) is 4. The lowest BCUT2D eigenvalue weighted by Crippen LogP contribution is -2.41. The highest BCUT2D eigenvalue weighted by Crippen LogP contribution is 2.35. The molecule has 2 aromatic rings. The largest absolute Gasteiger partial charge is 0.299 e. The highest BCUT2D eigenvalue weighted by Gasteiger charge is 2.32. The van der Waals surface area contributed by atoms with Crippen LogP contribution in [0.4, 0.5) is 11.4 Å². The van der Waals surface area contributed by atoms with Crippen LogP contribution in [-0.4, -0.2) is 16.9 Å². The number of nitro benzene ring substituents is 1. The molecule has 1 heterocycles. The maximum absolute atomic E-state index is 13.0.